The SMILES string of the molecule is COCCCN1C(=O)C(=O)/C(=C(/O)c2ccc(OC)cc2C)C1c1cccc2ccccc12. The van der Waals surface area contributed by atoms with Crippen LogP contribution >= 0.6 is 0 Å². The second-order valence-corrected chi connectivity index (χ2v) is 8.09. The van der Waals surface area contributed by atoms with Crippen molar-refractivity contribution in [3.63, 3.8) is 0 Å². The first-order valence-corrected chi connectivity index (χ1v) is 10.9. The van der Waals surface area contributed by atoms with Crippen molar-refractivity contribution in [1.82, 2.24) is 4.90 Å². The first-order valence-electron chi connectivity index (χ1n) is 10.9. The quantitative estimate of drug-likeness (QED) is 0.249. The van der Waals surface area contributed by atoms with Crippen molar-refractivity contribution in [2.45, 2.75) is 19.4 Å². The van der Waals surface area contributed by atoms with E-state index in [0.717, 1.165) is 21.9 Å². The molecule has 0 saturated carbocycles. The zero-order valence-electron chi connectivity index (χ0n) is 19.0. The number of carbonyl (C=O) groups excluding carboxylic acids is 2. The fourth-order valence-electron chi connectivity index (χ4n) is 4.48. The molecule has 0 aliphatic carbocycles. The predicted molar refractivity (Wildman–Crippen MR) is 127 cm³/mol. The van der Waals surface area contributed by atoms with Crippen molar-refractivity contribution in [3.8, 4) is 5.75 Å². The maximum atomic E-state index is 13.3. The number of carbonyl (C=O) groups is 2. The van der Waals surface area contributed by atoms with Gasteiger partial charge in [0.2, 0.25) is 0 Å². The van der Waals surface area contributed by atoms with Gasteiger partial charge >= 0.3 is 0 Å². The number of likely N-dealkylation sites (tertiary alicyclic amines) is 1. The van der Waals surface area contributed by atoms with E-state index < -0.39 is 17.7 Å². The highest BCUT2D eigenvalue weighted by Crippen LogP contribution is 2.42. The number of aliphatic hydroxyl groups is 1. The molecule has 4 rings (SSSR count). The van der Waals surface area contributed by atoms with Crippen LogP contribution in [-0.2, 0) is 14.3 Å². The number of amides is 1. The molecule has 3 aromatic rings. The number of ketones is 1. The third-order valence-corrected chi connectivity index (χ3v) is 6.09. The molecule has 1 aliphatic heterocycles. The van der Waals surface area contributed by atoms with Gasteiger partial charge in [-0.3, -0.25) is 9.59 Å². The molecule has 1 amide bonds. The molecule has 33 heavy (non-hydrogen) atoms. The van der Waals surface area contributed by atoms with E-state index in [1.165, 1.54) is 0 Å². The van der Waals surface area contributed by atoms with Crippen molar-refractivity contribution in [3.05, 3.63) is 82.9 Å². The topological polar surface area (TPSA) is 76.1 Å². The lowest BCUT2D eigenvalue weighted by molar-refractivity contribution is -0.140. The molecule has 1 saturated heterocycles. The highest BCUT2D eigenvalue weighted by atomic mass is 16.5. The molecular weight excluding hydrogens is 418 g/mol. The molecule has 0 bridgehead atoms. The third kappa shape index (κ3) is 4.10. The molecule has 6 nitrogen and oxygen atoms in total. The van der Waals surface area contributed by atoms with Gasteiger partial charge in [0.15, 0.2) is 0 Å². The number of methoxy groups -OCH3 is 2. The minimum Gasteiger partial charge on any atom is -0.507 e. The summed E-state index contributed by atoms with van der Waals surface area (Å²) in [6.45, 7) is 2.63. The van der Waals surface area contributed by atoms with Gasteiger partial charge < -0.3 is 19.5 Å². The van der Waals surface area contributed by atoms with Gasteiger partial charge in [0.25, 0.3) is 11.7 Å². The first kappa shape index (κ1) is 22.6. The fourth-order valence-corrected chi connectivity index (χ4v) is 4.48. The number of ether oxygens (including phenoxy) is 2. The molecule has 1 fully saturated rings. The zero-order chi connectivity index (χ0) is 23.5. The molecule has 1 atom stereocenters. The molecule has 1 unspecified atom stereocenters. The lowest BCUT2D eigenvalue weighted by atomic mass is 9.91. The molecule has 0 aromatic heterocycles. The van der Waals surface area contributed by atoms with Crippen molar-refractivity contribution < 1.29 is 24.2 Å². The van der Waals surface area contributed by atoms with Crippen LogP contribution in [0.15, 0.2) is 66.2 Å². The number of benzene rings is 3. The largest absolute Gasteiger partial charge is 0.507 e. The summed E-state index contributed by atoms with van der Waals surface area (Å²) in [6, 6.07) is 18.2. The van der Waals surface area contributed by atoms with Gasteiger partial charge in [-0.25, -0.2) is 0 Å². The summed E-state index contributed by atoms with van der Waals surface area (Å²) < 4.78 is 10.4. The van der Waals surface area contributed by atoms with E-state index in [4.69, 9.17) is 9.47 Å². The Balaban J connectivity index is 1.93. The number of rotatable bonds is 7. The maximum absolute atomic E-state index is 13.3. The van der Waals surface area contributed by atoms with Crippen LogP contribution in [-0.4, -0.2) is 49.1 Å². The van der Waals surface area contributed by atoms with Crippen molar-refractivity contribution in [2.75, 3.05) is 27.4 Å². The van der Waals surface area contributed by atoms with Gasteiger partial charge in [0, 0.05) is 25.8 Å². The van der Waals surface area contributed by atoms with E-state index in [-0.39, 0.29) is 11.3 Å². The van der Waals surface area contributed by atoms with Gasteiger partial charge in [-0.2, -0.15) is 0 Å². The Morgan fingerprint density at radius 2 is 1.79 bits per heavy atom. The Morgan fingerprint density at radius 1 is 1.03 bits per heavy atom. The molecule has 0 radical (unpaired) electrons. The van der Waals surface area contributed by atoms with E-state index in [9.17, 15) is 14.7 Å². The number of fused-ring (bicyclic) bond motifs is 1. The Kier molecular flexibility index (Phi) is 6.47. The minimum absolute atomic E-state index is 0.0991. The zero-order valence-corrected chi connectivity index (χ0v) is 19.0. The van der Waals surface area contributed by atoms with Gasteiger partial charge in [-0.15, -0.1) is 0 Å². The second kappa shape index (κ2) is 9.46. The summed E-state index contributed by atoms with van der Waals surface area (Å²) >= 11 is 0. The molecule has 1 N–H and O–H groups in total. The van der Waals surface area contributed by atoms with E-state index >= 15 is 0 Å². The molecule has 170 valence electrons. The molecule has 0 spiro atoms. The van der Waals surface area contributed by atoms with E-state index in [1.54, 1.807) is 37.3 Å². The van der Waals surface area contributed by atoms with Crippen LogP contribution in [0.4, 0.5) is 0 Å². The molecule has 6 heteroatoms. The number of Topliss-reactive ketones (excluding diaryl/α,β-unsaturated/α-hetero) is 1. The van der Waals surface area contributed by atoms with Gasteiger partial charge in [-0.1, -0.05) is 42.5 Å². The standard InChI is InChI=1S/C27H27NO5/c1-17-16-19(33-3)12-13-20(17)25(29)23-24(28(14-7-15-32-2)27(31)26(23)30)22-11-6-9-18-8-4-5-10-21(18)22/h4-6,8-13,16,24,29H,7,14-15H2,1-3H3/b25-23+. The van der Waals surface area contributed by atoms with E-state index in [1.807, 2.05) is 49.4 Å². The highest BCUT2D eigenvalue weighted by Gasteiger charge is 2.46. The summed E-state index contributed by atoms with van der Waals surface area (Å²) in [5.41, 5.74) is 2.14. The Hall–Kier alpha value is -3.64. The highest BCUT2D eigenvalue weighted by molar-refractivity contribution is 6.46. The summed E-state index contributed by atoms with van der Waals surface area (Å²) in [6.07, 6.45) is 0.576. The molecular formula is C27H27NO5. The minimum atomic E-state index is -0.700. The molecule has 3 aromatic carbocycles. The number of nitrogens with zero attached hydrogens (tertiary/aromatic N) is 1. The number of hydrogen-bond donors (Lipinski definition) is 1. The summed E-state index contributed by atoms with van der Waals surface area (Å²) in [5.74, 6) is -0.829. The summed E-state index contributed by atoms with van der Waals surface area (Å²) in [5, 5.41) is 13.3. The van der Waals surface area contributed by atoms with Crippen LogP contribution in [0.5, 0.6) is 5.75 Å². The van der Waals surface area contributed by atoms with Crippen molar-refractivity contribution in [2.24, 2.45) is 0 Å². The second-order valence-electron chi connectivity index (χ2n) is 8.09. The Bertz CT molecular complexity index is 1240. The van der Waals surface area contributed by atoms with Crippen LogP contribution in [0, 0.1) is 6.92 Å². The summed E-state index contributed by atoms with van der Waals surface area (Å²) in [4.78, 5) is 27.9. The normalized spacial score (nSPS) is 17.7. The van der Waals surface area contributed by atoms with Crippen LogP contribution in [0.3, 0.4) is 0 Å². The van der Waals surface area contributed by atoms with Crippen molar-refractivity contribution >= 4 is 28.2 Å². The van der Waals surface area contributed by atoms with Gasteiger partial charge in [0.05, 0.1) is 18.7 Å². The average Bonchev–Trinajstić information content (AvgIpc) is 3.08. The molecule has 1 heterocycles. The van der Waals surface area contributed by atoms with E-state index in [0.29, 0.717) is 30.9 Å². The number of hydrogen-bond acceptors (Lipinski definition) is 5. The summed E-state index contributed by atoms with van der Waals surface area (Å²) in [7, 11) is 3.17. The number of aryl methyl sites for hydroxylation is 1. The third-order valence-electron chi connectivity index (χ3n) is 6.09. The maximum Gasteiger partial charge on any atom is 0.295 e. The smallest absolute Gasteiger partial charge is 0.295 e. The van der Waals surface area contributed by atoms with Crippen LogP contribution < -0.4 is 4.74 Å². The number of aliphatic hydroxyl groups excluding tert-OH is 1. The van der Waals surface area contributed by atoms with E-state index in [2.05, 4.69) is 0 Å². The Labute approximate surface area is 193 Å². The van der Waals surface area contributed by atoms with Gasteiger partial charge in [-0.05, 0) is 53.4 Å². The van der Waals surface area contributed by atoms with Gasteiger partial charge in [0.1, 0.15) is 11.5 Å². The Morgan fingerprint density at radius 3 is 2.52 bits per heavy atom. The van der Waals surface area contributed by atoms with Crippen molar-refractivity contribution in [1.29, 1.82) is 0 Å². The first-order chi connectivity index (χ1) is 16.0. The lowest BCUT2D eigenvalue weighted by Crippen LogP contribution is -2.31. The van der Waals surface area contributed by atoms with Crippen LogP contribution in [0.25, 0.3) is 16.5 Å². The fraction of sp³-hybridized carbons (Fsp3) is 0.259. The average molecular weight is 446 g/mol. The monoisotopic (exact) mass is 445 g/mol. The predicted octanol–water partition coefficient (Wildman–Crippen LogP) is 4.62. The molecule has 1 aliphatic rings. The van der Waals surface area contributed by atoms with Crippen LogP contribution in [0.2, 0.25) is 0 Å². The lowest BCUT2D eigenvalue weighted by Gasteiger charge is -2.26. The van der Waals surface area contributed by atoms with Crippen LogP contribution in [0.1, 0.15) is 29.2 Å².